The molecule has 0 aromatic carbocycles. The summed E-state index contributed by atoms with van der Waals surface area (Å²) in [4.78, 5) is 2.04. The van der Waals surface area contributed by atoms with Crippen molar-refractivity contribution in [1.29, 1.82) is 0 Å². The van der Waals surface area contributed by atoms with E-state index < -0.39 is 5.92 Å². The minimum Gasteiger partial charge on any atom is -0.297 e. The lowest BCUT2D eigenvalue weighted by Gasteiger charge is -2.27. The Morgan fingerprint density at radius 3 is 1.42 bits per heavy atom. The van der Waals surface area contributed by atoms with E-state index in [-0.39, 0.29) is 13.0 Å². The normalized spacial score (nSPS) is 12.2. The van der Waals surface area contributed by atoms with Crippen LogP contribution in [0.4, 0.5) is 8.78 Å². The summed E-state index contributed by atoms with van der Waals surface area (Å²) in [7, 11) is 0. The van der Waals surface area contributed by atoms with E-state index >= 15 is 0 Å². The first-order valence-corrected chi connectivity index (χ1v) is 10.7. The highest BCUT2D eigenvalue weighted by Crippen LogP contribution is 2.22. The van der Waals surface area contributed by atoms with Crippen molar-refractivity contribution in [2.75, 3.05) is 19.6 Å². The maximum atomic E-state index is 14.0. The summed E-state index contributed by atoms with van der Waals surface area (Å²) in [5, 5.41) is 0. The number of unbranched alkanes of at least 4 members (excludes halogenated alkanes) is 10. The Kier molecular flexibility index (Phi) is 16.2. The molecule has 0 aliphatic carbocycles. The Hall–Kier alpha value is -0.180. The van der Waals surface area contributed by atoms with E-state index in [1.165, 1.54) is 64.2 Å². The first-order valence-electron chi connectivity index (χ1n) is 10.7. The molecule has 0 aliphatic heterocycles. The fraction of sp³-hybridized carbons (Fsp3) is 1.00. The third-order valence-corrected chi connectivity index (χ3v) is 4.73. The molecule has 0 fully saturated rings. The summed E-state index contributed by atoms with van der Waals surface area (Å²) in [6.45, 7) is 7.95. The Morgan fingerprint density at radius 2 is 1.00 bits per heavy atom. The maximum absolute atomic E-state index is 14.0. The first-order chi connectivity index (χ1) is 11.6. The molecule has 0 aromatic heterocycles. The quantitative estimate of drug-likeness (QED) is 0.233. The summed E-state index contributed by atoms with van der Waals surface area (Å²) in [5.41, 5.74) is 0. The fourth-order valence-electron chi connectivity index (χ4n) is 3.27. The molecule has 0 aromatic rings. The van der Waals surface area contributed by atoms with Gasteiger partial charge in [-0.2, -0.15) is 0 Å². The predicted octanol–water partition coefficient (Wildman–Crippen LogP) is 7.44. The van der Waals surface area contributed by atoms with Gasteiger partial charge < -0.3 is 0 Å². The second-order valence-corrected chi connectivity index (χ2v) is 7.42. The number of alkyl halides is 2. The van der Waals surface area contributed by atoms with Crippen molar-refractivity contribution in [3.05, 3.63) is 0 Å². The Labute approximate surface area is 150 Å². The van der Waals surface area contributed by atoms with Gasteiger partial charge in [-0.25, -0.2) is 8.78 Å². The van der Waals surface area contributed by atoms with E-state index in [2.05, 4.69) is 13.8 Å². The van der Waals surface area contributed by atoms with Crippen LogP contribution in [-0.2, 0) is 0 Å². The van der Waals surface area contributed by atoms with Crippen molar-refractivity contribution in [2.24, 2.45) is 0 Å². The third-order valence-electron chi connectivity index (χ3n) is 4.73. The van der Waals surface area contributed by atoms with E-state index in [9.17, 15) is 8.78 Å². The number of nitrogens with zero attached hydrogens (tertiary/aromatic N) is 1. The van der Waals surface area contributed by atoms with Crippen molar-refractivity contribution >= 4 is 0 Å². The summed E-state index contributed by atoms with van der Waals surface area (Å²) < 4.78 is 28.0. The molecule has 1 nitrogen and oxygen atoms in total. The van der Waals surface area contributed by atoms with E-state index in [0.29, 0.717) is 6.42 Å². The smallest absolute Gasteiger partial charge is 0.260 e. The van der Waals surface area contributed by atoms with Crippen molar-refractivity contribution < 1.29 is 8.78 Å². The average molecular weight is 348 g/mol. The van der Waals surface area contributed by atoms with E-state index in [1.54, 1.807) is 0 Å². The minimum atomic E-state index is -2.51. The number of hydrogen-bond donors (Lipinski definition) is 0. The van der Waals surface area contributed by atoms with Gasteiger partial charge in [0.1, 0.15) is 0 Å². The molecule has 0 radical (unpaired) electrons. The van der Waals surface area contributed by atoms with Gasteiger partial charge in [0.05, 0.1) is 6.54 Å². The maximum Gasteiger partial charge on any atom is 0.260 e. The Balaban J connectivity index is 4.04. The van der Waals surface area contributed by atoms with Gasteiger partial charge >= 0.3 is 0 Å². The molecule has 0 saturated carbocycles. The van der Waals surface area contributed by atoms with Crippen LogP contribution < -0.4 is 0 Å². The highest BCUT2D eigenvalue weighted by molar-refractivity contribution is 4.72. The van der Waals surface area contributed by atoms with Crippen LogP contribution in [0.3, 0.4) is 0 Å². The van der Waals surface area contributed by atoms with Gasteiger partial charge in [-0.05, 0) is 25.9 Å². The lowest BCUT2D eigenvalue weighted by atomic mass is 10.1. The molecule has 0 aliphatic rings. The fourth-order valence-corrected chi connectivity index (χ4v) is 3.27. The van der Waals surface area contributed by atoms with Gasteiger partial charge in [-0.3, -0.25) is 4.90 Å². The van der Waals surface area contributed by atoms with Crippen LogP contribution >= 0.6 is 0 Å². The number of hydrogen-bond acceptors (Lipinski definition) is 1. The minimum absolute atomic E-state index is 0.0243. The van der Waals surface area contributed by atoms with Crippen LogP contribution in [-0.4, -0.2) is 30.5 Å². The molecule has 0 unspecified atom stereocenters. The molecule has 0 spiro atoms. The third kappa shape index (κ3) is 15.4. The lowest BCUT2D eigenvalue weighted by molar-refractivity contribution is -0.0403. The molecule has 0 atom stereocenters. The van der Waals surface area contributed by atoms with Crippen LogP contribution in [0.2, 0.25) is 0 Å². The predicted molar refractivity (Wildman–Crippen MR) is 103 cm³/mol. The summed E-state index contributed by atoms with van der Waals surface area (Å²) in [6.07, 6.45) is 15.3. The molecule has 3 heteroatoms. The zero-order chi connectivity index (χ0) is 18.1. The zero-order valence-electron chi connectivity index (χ0n) is 16.7. The standard InChI is InChI=1S/C21H43F2N/c1-4-7-9-11-13-15-18-24(20-21(22,23)17-6-3)19-16-14-12-10-8-5-2/h4-20H2,1-3H3. The van der Waals surface area contributed by atoms with Crippen LogP contribution in [0.15, 0.2) is 0 Å². The largest absolute Gasteiger partial charge is 0.297 e. The topological polar surface area (TPSA) is 3.24 Å². The molecular formula is C21H43F2N. The van der Waals surface area contributed by atoms with Gasteiger partial charge in [0.2, 0.25) is 0 Å². The molecule has 0 rings (SSSR count). The Bertz CT molecular complexity index is 240. The monoisotopic (exact) mass is 347 g/mol. The molecule has 24 heavy (non-hydrogen) atoms. The van der Waals surface area contributed by atoms with Crippen LogP contribution in [0, 0.1) is 0 Å². The van der Waals surface area contributed by atoms with E-state index in [4.69, 9.17) is 0 Å². The van der Waals surface area contributed by atoms with Gasteiger partial charge in [0.15, 0.2) is 0 Å². The van der Waals surface area contributed by atoms with Gasteiger partial charge in [-0.15, -0.1) is 0 Å². The molecule has 0 saturated heterocycles. The first kappa shape index (κ1) is 23.8. The summed E-state index contributed by atoms with van der Waals surface area (Å²) >= 11 is 0. The van der Waals surface area contributed by atoms with Crippen LogP contribution in [0.5, 0.6) is 0 Å². The molecule has 0 bridgehead atoms. The number of rotatable bonds is 18. The van der Waals surface area contributed by atoms with E-state index in [1.807, 2.05) is 11.8 Å². The van der Waals surface area contributed by atoms with Gasteiger partial charge in [-0.1, -0.05) is 91.4 Å². The van der Waals surface area contributed by atoms with Crippen molar-refractivity contribution in [1.82, 2.24) is 4.90 Å². The second kappa shape index (κ2) is 16.3. The van der Waals surface area contributed by atoms with Crippen LogP contribution in [0.1, 0.15) is 111 Å². The Morgan fingerprint density at radius 1 is 0.583 bits per heavy atom. The van der Waals surface area contributed by atoms with Gasteiger partial charge in [0.25, 0.3) is 5.92 Å². The lowest BCUT2D eigenvalue weighted by Crippen LogP contribution is -2.38. The highest BCUT2D eigenvalue weighted by atomic mass is 19.3. The molecule has 0 amide bonds. The summed E-state index contributed by atoms with van der Waals surface area (Å²) in [5.74, 6) is -2.51. The van der Waals surface area contributed by atoms with Crippen molar-refractivity contribution in [3.8, 4) is 0 Å². The molecule has 0 N–H and O–H groups in total. The number of halogens is 2. The van der Waals surface area contributed by atoms with Crippen LogP contribution in [0.25, 0.3) is 0 Å². The SMILES string of the molecule is CCCCCCCCN(CCCCCCCC)CC(F)(F)CCC. The molecular weight excluding hydrogens is 304 g/mol. The molecule has 0 heterocycles. The van der Waals surface area contributed by atoms with Gasteiger partial charge in [0, 0.05) is 6.42 Å². The van der Waals surface area contributed by atoms with Crippen molar-refractivity contribution in [3.63, 3.8) is 0 Å². The van der Waals surface area contributed by atoms with E-state index in [0.717, 1.165) is 25.9 Å². The summed E-state index contributed by atoms with van der Waals surface area (Å²) in [6, 6.07) is 0. The second-order valence-electron chi connectivity index (χ2n) is 7.42. The highest BCUT2D eigenvalue weighted by Gasteiger charge is 2.30. The zero-order valence-corrected chi connectivity index (χ0v) is 16.7. The van der Waals surface area contributed by atoms with Crippen molar-refractivity contribution in [2.45, 2.75) is 117 Å². The molecule has 146 valence electrons. The average Bonchev–Trinajstić information content (AvgIpc) is 2.53.